The second kappa shape index (κ2) is 5.98. The Bertz CT molecular complexity index is 185. The van der Waals surface area contributed by atoms with Crippen molar-refractivity contribution in [2.75, 3.05) is 32.8 Å². The van der Waals surface area contributed by atoms with Crippen molar-refractivity contribution in [2.45, 2.75) is 26.3 Å². The maximum atomic E-state index is 11.7. The van der Waals surface area contributed by atoms with Gasteiger partial charge in [-0.15, -0.1) is 0 Å². The van der Waals surface area contributed by atoms with E-state index in [1.807, 2.05) is 11.8 Å². The number of rotatable bonds is 4. The minimum Gasteiger partial charge on any atom is -0.377 e. The third-order valence-corrected chi connectivity index (χ3v) is 2.39. The van der Waals surface area contributed by atoms with E-state index in [1.165, 1.54) is 0 Å². The fourth-order valence-electron chi connectivity index (χ4n) is 1.57. The molecule has 14 heavy (non-hydrogen) atoms. The molecule has 1 saturated heterocycles. The van der Waals surface area contributed by atoms with E-state index >= 15 is 0 Å². The molecule has 1 heterocycles. The maximum Gasteiger partial charge on any atom is 0.236 e. The Morgan fingerprint density at radius 1 is 1.64 bits per heavy atom. The van der Waals surface area contributed by atoms with Crippen LogP contribution in [0.15, 0.2) is 0 Å². The summed E-state index contributed by atoms with van der Waals surface area (Å²) in [6.07, 6.45) is 1.06. The summed E-state index contributed by atoms with van der Waals surface area (Å²) >= 11 is 0. The second-order valence-corrected chi connectivity index (χ2v) is 3.69. The number of carbonyl (C=O) groups excluding carboxylic acids is 1. The zero-order valence-electron chi connectivity index (χ0n) is 9.08. The molecule has 1 fully saturated rings. The number of amides is 1. The zero-order valence-corrected chi connectivity index (χ0v) is 9.08. The molecule has 0 aliphatic carbocycles. The fourth-order valence-corrected chi connectivity index (χ4v) is 1.57. The molecule has 1 rings (SSSR count). The van der Waals surface area contributed by atoms with Gasteiger partial charge in [-0.25, -0.2) is 0 Å². The second-order valence-electron chi connectivity index (χ2n) is 3.69. The van der Waals surface area contributed by atoms with Gasteiger partial charge < -0.3 is 15.0 Å². The van der Waals surface area contributed by atoms with Gasteiger partial charge >= 0.3 is 0 Å². The quantitative estimate of drug-likeness (QED) is 0.661. The smallest absolute Gasteiger partial charge is 0.236 e. The predicted molar refractivity (Wildman–Crippen MR) is 55.2 cm³/mol. The number of hydrogen-bond donors (Lipinski definition) is 1. The highest BCUT2D eigenvalue weighted by atomic mass is 16.5. The van der Waals surface area contributed by atoms with Crippen LogP contribution in [-0.4, -0.2) is 49.7 Å². The average Bonchev–Trinajstić information content (AvgIpc) is 2.18. The highest BCUT2D eigenvalue weighted by molar-refractivity contribution is 5.78. The standard InChI is InChI=1S/C10H20N2O2/c1-3-4-11-7-10(13)12-5-6-14-8-9(12)2/h9,11H,3-8H2,1-2H3. The van der Waals surface area contributed by atoms with E-state index in [9.17, 15) is 4.79 Å². The topological polar surface area (TPSA) is 41.6 Å². The minimum atomic E-state index is 0.189. The summed E-state index contributed by atoms with van der Waals surface area (Å²) in [5.74, 6) is 0.189. The van der Waals surface area contributed by atoms with Crippen molar-refractivity contribution in [3.8, 4) is 0 Å². The zero-order chi connectivity index (χ0) is 10.4. The van der Waals surface area contributed by atoms with E-state index in [2.05, 4.69) is 12.2 Å². The number of nitrogens with zero attached hydrogens (tertiary/aromatic N) is 1. The molecule has 0 aromatic heterocycles. The van der Waals surface area contributed by atoms with Crippen LogP contribution in [0.1, 0.15) is 20.3 Å². The predicted octanol–water partition coefficient (Wildman–Crippen LogP) is 0.233. The summed E-state index contributed by atoms with van der Waals surface area (Å²) in [6, 6.07) is 0.222. The van der Waals surface area contributed by atoms with E-state index in [-0.39, 0.29) is 11.9 Å². The van der Waals surface area contributed by atoms with Crippen LogP contribution in [0.25, 0.3) is 0 Å². The number of carbonyl (C=O) groups is 1. The first-order valence-electron chi connectivity index (χ1n) is 5.33. The van der Waals surface area contributed by atoms with Gasteiger partial charge in [0, 0.05) is 6.54 Å². The lowest BCUT2D eigenvalue weighted by atomic mass is 10.2. The van der Waals surface area contributed by atoms with Gasteiger partial charge in [-0.3, -0.25) is 4.79 Å². The third kappa shape index (κ3) is 3.27. The first-order chi connectivity index (χ1) is 6.75. The van der Waals surface area contributed by atoms with Gasteiger partial charge in [-0.2, -0.15) is 0 Å². The Hall–Kier alpha value is -0.610. The number of ether oxygens (including phenoxy) is 1. The van der Waals surface area contributed by atoms with E-state index in [1.54, 1.807) is 0 Å². The Morgan fingerprint density at radius 3 is 3.07 bits per heavy atom. The summed E-state index contributed by atoms with van der Waals surface area (Å²) in [5.41, 5.74) is 0. The molecule has 1 N–H and O–H groups in total. The highest BCUT2D eigenvalue weighted by Crippen LogP contribution is 2.05. The molecular formula is C10H20N2O2. The Labute approximate surface area is 85.6 Å². The molecule has 0 aromatic carbocycles. The molecular weight excluding hydrogens is 180 g/mol. The summed E-state index contributed by atoms with van der Waals surface area (Å²) in [7, 11) is 0. The van der Waals surface area contributed by atoms with Crippen molar-refractivity contribution >= 4 is 5.91 Å². The Balaban J connectivity index is 2.27. The molecule has 0 bridgehead atoms. The Morgan fingerprint density at radius 2 is 2.43 bits per heavy atom. The summed E-state index contributed by atoms with van der Waals surface area (Å²) in [5, 5.41) is 3.12. The number of morpholine rings is 1. The summed E-state index contributed by atoms with van der Waals surface area (Å²) in [6.45, 7) is 7.55. The van der Waals surface area contributed by atoms with Gasteiger partial charge in [0.15, 0.2) is 0 Å². The van der Waals surface area contributed by atoms with Crippen LogP contribution in [0.5, 0.6) is 0 Å². The monoisotopic (exact) mass is 200 g/mol. The molecule has 4 nitrogen and oxygen atoms in total. The highest BCUT2D eigenvalue weighted by Gasteiger charge is 2.22. The van der Waals surface area contributed by atoms with Crippen molar-refractivity contribution < 1.29 is 9.53 Å². The van der Waals surface area contributed by atoms with Gasteiger partial charge in [0.25, 0.3) is 0 Å². The van der Waals surface area contributed by atoms with Gasteiger partial charge in [0.05, 0.1) is 25.8 Å². The summed E-state index contributed by atoms with van der Waals surface area (Å²) in [4.78, 5) is 13.6. The van der Waals surface area contributed by atoms with Crippen molar-refractivity contribution in [2.24, 2.45) is 0 Å². The van der Waals surface area contributed by atoms with Gasteiger partial charge in [-0.1, -0.05) is 6.92 Å². The van der Waals surface area contributed by atoms with Crippen LogP contribution in [0.3, 0.4) is 0 Å². The van der Waals surface area contributed by atoms with E-state index in [0.29, 0.717) is 19.8 Å². The first-order valence-corrected chi connectivity index (χ1v) is 5.33. The van der Waals surface area contributed by atoms with E-state index < -0.39 is 0 Å². The lowest BCUT2D eigenvalue weighted by Gasteiger charge is -2.33. The molecule has 82 valence electrons. The molecule has 4 heteroatoms. The summed E-state index contributed by atoms with van der Waals surface area (Å²) < 4.78 is 5.27. The number of nitrogens with one attached hydrogen (secondary N) is 1. The largest absolute Gasteiger partial charge is 0.377 e. The molecule has 0 radical (unpaired) electrons. The molecule has 1 amide bonds. The van der Waals surface area contributed by atoms with Gasteiger partial charge in [0.2, 0.25) is 5.91 Å². The Kier molecular flexibility index (Phi) is 4.90. The maximum absolute atomic E-state index is 11.7. The van der Waals surface area contributed by atoms with Crippen LogP contribution >= 0.6 is 0 Å². The van der Waals surface area contributed by atoms with Crippen LogP contribution in [0.4, 0.5) is 0 Å². The SMILES string of the molecule is CCCNCC(=O)N1CCOCC1C. The normalized spacial score (nSPS) is 22.4. The van der Waals surface area contributed by atoms with Crippen molar-refractivity contribution in [3.05, 3.63) is 0 Å². The minimum absolute atomic E-state index is 0.189. The van der Waals surface area contributed by atoms with Crippen molar-refractivity contribution in [1.29, 1.82) is 0 Å². The molecule has 0 spiro atoms. The average molecular weight is 200 g/mol. The van der Waals surface area contributed by atoms with Crippen LogP contribution in [0, 0.1) is 0 Å². The molecule has 1 aliphatic heterocycles. The first kappa shape index (κ1) is 11.5. The fraction of sp³-hybridized carbons (Fsp3) is 0.900. The van der Waals surface area contributed by atoms with E-state index in [4.69, 9.17) is 4.74 Å². The van der Waals surface area contributed by atoms with Gasteiger partial charge in [0.1, 0.15) is 0 Å². The number of hydrogen-bond acceptors (Lipinski definition) is 3. The lowest BCUT2D eigenvalue weighted by Crippen LogP contribution is -2.50. The molecule has 0 saturated carbocycles. The van der Waals surface area contributed by atoms with Crippen LogP contribution < -0.4 is 5.32 Å². The van der Waals surface area contributed by atoms with Crippen LogP contribution in [-0.2, 0) is 9.53 Å². The van der Waals surface area contributed by atoms with Crippen LogP contribution in [0.2, 0.25) is 0 Å². The molecule has 1 aliphatic rings. The molecule has 1 unspecified atom stereocenters. The molecule has 1 atom stereocenters. The lowest BCUT2D eigenvalue weighted by molar-refractivity contribution is -0.138. The van der Waals surface area contributed by atoms with E-state index in [0.717, 1.165) is 19.5 Å². The third-order valence-electron chi connectivity index (χ3n) is 2.39. The molecule has 0 aromatic rings. The van der Waals surface area contributed by atoms with Crippen molar-refractivity contribution in [1.82, 2.24) is 10.2 Å². The van der Waals surface area contributed by atoms with Gasteiger partial charge in [-0.05, 0) is 19.9 Å². The van der Waals surface area contributed by atoms with Crippen molar-refractivity contribution in [3.63, 3.8) is 0 Å².